The van der Waals surface area contributed by atoms with Crippen molar-refractivity contribution in [2.45, 2.75) is 18.9 Å². The Labute approximate surface area is 134 Å². The van der Waals surface area contributed by atoms with Gasteiger partial charge in [-0.15, -0.1) is 0 Å². The van der Waals surface area contributed by atoms with Crippen LogP contribution >= 0.6 is 12.2 Å². The molecule has 0 bridgehead atoms. The van der Waals surface area contributed by atoms with Crippen molar-refractivity contribution in [2.75, 3.05) is 26.2 Å². The van der Waals surface area contributed by atoms with Gasteiger partial charge in [0.15, 0.2) is 5.11 Å². The van der Waals surface area contributed by atoms with Crippen LogP contribution in [-0.2, 0) is 4.74 Å². The normalized spacial score (nSPS) is 17.0. The molecule has 2 rings (SSSR count). The van der Waals surface area contributed by atoms with Crippen LogP contribution in [-0.4, -0.2) is 43.4 Å². The molecule has 1 amide bonds. The molecular weight excluding hydrogens is 305 g/mol. The van der Waals surface area contributed by atoms with Crippen molar-refractivity contribution in [1.29, 1.82) is 0 Å². The molecule has 1 unspecified atom stereocenters. The van der Waals surface area contributed by atoms with Gasteiger partial charge in [-0.1, -0.05) is 0 Å². The highest BCUT2D eigenvalue weighted by Crippen LogP contribution is 2.10. The lowest BCUT2D eigenvalue weighted by molar-refractivity contribution is 0.0954. The molecule has 0 spiro atoms. The van der Waals surface area contributed by atoms with Crippen LogP contribution in [0.4, 0.5) is 4.39 Å². The summed E-state index contributed by atoms with van der Waals surface area (Å²) in [6, 6.07) is 5.42. The number of rotatable bonds is 6. The summed E-state index contributed by atoms with van der Waals surface area (Å²) in [4.78, 5) is 11.8. The molecule has 3 N–H and O–H groups in total. The number of hydrogen-bond acceptors (Lipinski definition) is 3. The fraction of sp³-hybridized carbons (Fsp3) is 0.467. The fourth-order valence-electron chi connectivity index (χ4n) is 2.13. The number of ether oxygens (including phenoxy) is 1. The maximum absolute atomic E-state index is 12.8. The molecule has 1 heterocycles. The van der Waals surface area contributed by atoms with Crippen LogP contribution in [0.2, 0.25) is 0 Å². The Balaban J connectivity index is 1.57. The third kappa shape index (κ3) is 5.57. The summed E-state index contributed by atoms with van der Waals surface area (Å²) in [7, 11) is 0. The number of hydrogen-bond donors (Lipinski definition) is 3. The van der Waals surface area contributed by atoms with Gasteiger partial charge in [-0.3, -0.25) is 4.79 Å². The van der Waals surface area contributed by atoms with Crippen molar-refractivity contribution in [3.8, 4) is 0 Å². The Bertz CT molecular complexity index is 504. The molecular formula is C15H20FN3O2S. The van der Waals surface area contributed by atoms with Gasteiger partial charge in [0.1, 0.15) is 5.82 Å². The van der Waals surface area contributed by atoms with Crippen LogP contribution < -0.4 is 16.0 Å². The van der Waals surface area contributed by atoms with E-state index in [-0.39, 0.29) is 17.8 Å². The molecule has 0 saturated carbocycles. The molecule has 7 heteroatoms. The quantitative estimate of drug-likeness (QED) is 0.542. The molecule has 120 valence electrons. The number of halogens is 1. The van der Waals surface area contributed by atoms with E-state index in [1.807, 2.05) is 0 Å². The van der Waals surface area contributed by atoms with Crippen LogP contribution in [0.15, 0.2) is 24.3 Å². The first-order chi connectivity index (χ1) is 10.6. The van der Waals surface area contributed by atoms with Crippen molar-refractivity contribution >= 4 is 23.2 Å². The van der Waals surface area contributed by atoms with Gasteiger partial charge < -0.3 is 20.7 Å². The predicted octanol–water partition coefficient (Wildman–Crippen LogP) is 1.20. The second kappa shape index (κ2) is 8.65. The Kier molecular flexibility index (Phi) is 6.54. The second-order valence-corrected chi connectivity index (χ2v) is 5.44. The van der Waals surface area contributed by atoms with E-state index in [4.69, 9.17) is 17.0 Å². The summed E-state index contributed by atoms with van der Waals surface area (Å²) in [5.74, 6) is -0.596. The molecule has 1 atom stereocenters. The Morgan fingerprint density at radius 3 is 2.64 bits per heavy atom. The zero-order chi connectivity index (χ0) is 15.8. The van der Waals surface area contributed by atoms with Crippen LogP contribution in [0.25, 0.3) is 0 Å². The lowest BCUT2D eigenvalue weighted by Crippen LogP contribution is -2.42. The van der Waals surface area contributed by atoms with Gasteiger partial charge in [0.25, 0.3) is 5.91 Å². The van der Waals surface area contributed by atoms with E-state index in [1.54, 1.807) is 0 Å². The van der Waals surface area contributed by atoms with Crippen LogP contribution in [0.5, 0.6) is 0 Å². The molecule has 1 aromatic carbocycles. The van der Waals surface area contributed by atoms with E-state index in [2.05, 4.69) is 16.0 Å². The smallest absolute Gasteiger partial charge is 0.251 e. The summed E-state index contributed by atoms with van der Waals surface area (Å²) in [6.45, 7) is 2.47. The Hall–Kier alpha value is -1.73. The number of nitrogens with one attached hydrogen (secondary N) is 3. The number of thiocarbonyl (C=S) groups is 1. The third-order valence-corrected chi connectivity index (χ3v) is 3.61. The molecule has 1 aliphatic rings. The summed E-state index contributed by atoms with van der Waals surface area (Å²) >= 11 is 5.14. The average molecular weight is 325 g/mol. The highest BCUT2D eigenvalue weighted by Gasteiger charge is 2.15. The zero-order valence-corrected chi connectivity index (χ0v) is 13.0. The summed E-state index contributed by atoms with van der Waals surface area (Å²) < 4.78 is 18.2. The molecule has 1 fully saturated rings. The molecule has 0 aromatic heterocycles. The number of benzene rings is 1. The first-order valence-corrected chi connectivity index (χ1v) is 7.73. The summed E-state index contributed by atoms with van der Waals surface area (Å²) in [5.41, 5.74) is 0.431. The first-order valence-electron chi connectivity index (χ1n) is 7.32. The molecule has 0 radical (unpaired) electrons. The highest BCUT2D eigenvalue weighted by atomic mass is 32.1. The van der Waals surface area contributed by atoms with Gasteiger partial charge >= 0.3 is 0 Å². The molecule has 1 saturated heterocycles. The van der Waals surface area contributed by atoms with Gasteiger partial charge in [0.05, 0.1) is 6.10 Å². The molecule has 1 aromatic rings. The second-order valence-electron chi connectivity index (χ2n) is 5.03. The largest absolute Gasteiger partial charge is 0.376 e. The molecule has 0 aliphatic carbocycles. The van der Waals surface area contributed by atoms with Crippen molar-refractivity contribution in [3.05, 3.63) is 35.6 Å². The van der Waals surface area contributed by atoms with Crippen molar-refractivity contribution in [1.82, 2.24) is 16.0 Å². The van der Waals surface area contributed by atoms with Crippen LogP contribution in [0.1, 0.15) is 23.2 Å². The van der Waals surface area contributed by atoms with E-state index < -0.39 is 0 Å². The lowest BCUT2D eigenvalue weighted by atomic mass is 10.2. The lowest BCUT2D eigenvalue weighted by Gasteiger charge is -2.14. The van der Waals surface area contributed by atoms with Crippen molar-refractivity contribution in [2.24, 2.45) is 0 Å². The monoisotopic (exact) mass is 325 g/mol. The van der Waals surface area contributed by atoms with Gasteiger partial charge in [0.2, 0.25) is 0 Å². The number of amides is 1. The SMILES string of the molecule is O=C(NCCNC(=S)NCC1CCCO1)c1ccc(F)cc1. The van der Waals surface area contributed by atoms with Crippen molar-refractivity contribution < 1.29 is 13.9 Å². The maximum Gasteiger partial charge on any atom is 0.251 e. The first kappa shape index (κ1) is 16.6. The van der Waals surface area contributed by atoms with E-state index in [1.165, 1.54) is 24.3 Å². The topological polar surface area (TPSA) is 62.4 Å². The van der Waals surface area contributed by atoms with E-state index in [9.17, 15) is 9.18 Å². The number of carbonyl (C=O) groups is 1. The van der Waals surface area contributed by atoms with E-state index >= 15 is 0 Å². The maximum atomic E-state index is 12.8. The highest BCUT2D eigenvalue weighted by molar-refractivity contribution is 7.80. The zero-order valence-electron chi connectivity index (χ0n) is 12.2. The van der Waals surface area contributed by atoms with Gasteiger partial charge in [0, 0.05) is 31.8 Å². The fourth-order valence-corrected chi connectivity index (χ4v) is 2.32. The van der Waals surface area contributed by atoms with Gasteiger partial charge in [-0.25, -0.2) is 4.39 Å². The predicted molar refractivity (Wildman–Crippen MR) is 86.3 cm³/mol. The Morgan fingerprint density at radius 2 is 1.95 bits per heavy atom. The summed E-state index contributed by atoms with van der Waals surface area (Å²) in [6.07, 6.45) is 2.39. The average Bonchev–Trinajstić information content (AvgIpc) is 3.03. The minimum absolute atomic E-state index is 0.234. The standard InChI is InChI=1S/C15H20FN3O2S/c16-12-5-3-11(4-6-12)14(20)17-7-8-18-15(22)19-10-13-2-1-9-21-13/h3-6,13H,1-2,7-10H2,(H,17,20)(H2,18,19,22). The van der Waals surface area contributed by atoms with E-state index in [0.29, 0.717) is 30.3 Å². The van der Waals surface area contributed by atoms with Crippen LogP contribution in [0, 0.1) is 5.82 Å². The third-order valence-electron chi connectivity index (χ3n) is 3.32. The molecule has 5 nitrogen and oxygen atoms in total. The molecule has 1 aliphatic heterocycles. The number of carbonyl (C=O) groups excluding carboxylic acids is 1. The van der Waals surface area contributed by atoms with E-state index in [0.717, 1.165) is 19.4 Å². The van der Waals surface area contributed by atoms with Crippen molar-refractivity contribution in [3.63, 3.8) is 0 Å². The summed E-state index contributed by atoms with van der Waals surface area (Å²) in [5, 5.41) is 9.39. The minimum atomic E-state index is -0.360. The Morgan fingerprint density at radius 1 is 1.23 bits per heavy atom. The molecule has 22 heavy (non-hydrogen) atoms. The van der Waals surface area contributed by atoms with Gasteiger partial charge in [-0.05, 0) is 49.3 Å². The van der Waals surface area contributed by atoms with Gasteiger partial charge in [-0.2, -0.15) is 0 Å². The van der Waals surface area contributed by atoms with Crippen LogP contribution in [0.3, 0.4) is 0 Å². The minimum Gasteiger partial charge on any atom is -0.376 e.